The highest BCUT2D eigenvalue weighted by Gasteiger charge is 2.11. The SMILES string of the molecule is CN=C(NCc1coc(-c2ccccc2)n1)N(C)Cc1cc(Cl)cn1C. The fourth-order valence-electron chi connectivity index (χ4n) is 2.70. The van der Waals surface area contributed by atoms with Gasteiger partial charge in [0.1, 0.15) is 6.26 Å². The predicted molar refractivity (Wildman–Crippen MR) is 104 cm³/mol. The number of halogens is 1. The molecule has 0 radical (unpaired) electrons. The number of rotatable bonds is 5. The van der Waals surface area contributed by atoms with Crippen LogP contribution in [0.4, 0.5) is 0 Å². The number of hydrogen-bond acceptors (Lipinski definition) is 3. The van der Waals surface area contributed by atoms with E-state index < -0.39 is 0 Å². The third kappa shape index (κ3) is 4.26. The van der Waals surface area contributed by atoms with Crippen molar-refractivity contribution in [1.82, 2.24) is 19.8 Å². The second-order valence-electron chi connectivity index (χ2n) is 6.03. The van der Waals surface area contributed by atoms with Gasteiger partial charge in [0.2, 0.25) is 5.89 Å². The van der Waals surface area contributed by atoms with Gasteiger partial charge < -0.3 is 19.2 Å². The summed E-state index contributed by atoms with van der Waals surface area (Å²) in [4.78, 5) is 10.9. The van der Waals surface area contributed by atoms with Crippen molar-refractivity contribution in [2.24, 2.45) is 12.0 Å². The lowest BCUT2D eigenvalue weighted by Crippen LogP contribution is -2.38. The second-order valence-corrected chi connectivity index (χ2v) is 6.46. The smallest absolute Gasteiger partial charge is 0.226 e. The van der Waals surface area contributed by atoms with Gasteiger partial charge in [-0.05, 0) is 18.2 Å². The molecule has 0 fully saturated rings. The van der Waals surface area contributed by atoms with E-state index in [9.17, 15) is 0 Å². The molecule has 26 heavy (non-hydrogen) atoms. The Hall–Kier alpha value is -2.73. The van der Waals surface area contributed by atoms with Crippen LogP contribution in [-0.4, -0.2) is 34.5 Å². The minimum Gasteiger partial charge on any atom is -0.444 e. The number of nitrogens with one attached hydrogen (secondary N) is 1. The van der Waals surface area contributed by atoms with E-state index in [1.54, 1.807) is 13.3 Å². The number of benzene rings is 1. The number of oxazole rings is 1. The maximum Gasteiger partial charge on any atom is 0.226 e. The Balaban J connectivity index is 1.61. The average Bonchev–Trinajstić information content (AvgIpc) is 3.23. The number of nitrogens with zero attached hydrogens (tertiary/aromatic N) is 4. The summed E-state index contributed by atoms with van der Waals surface area (Å²) in [5.74, 6) is 1.38. The third-order valence-corrected chi connectivity index (χ3v) is 4.25. The van der Waals surface area contributed by atoms with Gasteiger partial charge in [-0.2, -0.15) is 0 Å². The minimum absolute atomic E-state index is 0.529. The molecular weight excluding hydrogens is 350 g/mol. The lowest BCUT2D eigenvalue weighted by molar-refractivity contribution is 0.461. The van der Waals surface area contributed by atoms with Crippen LogP contribution in [0.15, 0.2) is 58.3 Å². The highest BCUT2D eigenvalue weighted by molar-refractivity contribution is 6.30. The molecule has 136 valence electrons. The number of aromatic nitrogens is 2. The maximum atomic E-state index is 6.05. The van der Waals surface area contributed by atoms with Gasteiger partial charge in [0.05, 0.1) is 23.8 Å². The zero-order valence-corrected chi connectivity index (χ0v) is 15.9. The second kappa shape index (κ2) is 8.10. The Bertz CT molecular complexity index is 884. The van der Waals surface area contributed by atoms with Gasteiger partial charge >= 0.3 is 0 Å². The molecule has 0 aliphatic carbocycles. The van der Waals surface area contributed by atoms with E-state index in [2.05, 4.69) is 15.3 Å². The number of guanidine groups is 1. The predicted octanol–water partition coefficient (Wildman–Crippen LogP) is 3.54. The molecule has 2 aromatic heterocycles. The van der Waals surface area contributed by atoms with Crippen LogP contribution in [0.2, 0.25) is 5.02 Å². The highest BCUT2D eigenvalue weighted by Crippen LogP contribution is 2.18. The molecule has 7 heteroatoms. The quantitative estimate of drug-likeness (QED) is 0.550. The molecule has 2 heterocycles. The van der Waals surface area contributed by atoms with Crippen molar-refractivity contribution in [3.63, 3.8) is 0 Å². The van der Waals surface area contributed by atoms with Crippen molar-refractivity contribution in [2.45, 2.75) is 13.1 Å². The fourth-order valence-corrected chi connectivity index (χ4v) is 2.97. The first-order valence-corrected chi connectivity index (χ1v) is 8.67. The van der Waals surface area contributed by atoms with Crippen molar-refractivity contribution < 1.29 is 4.42 Å². The van der Waals surface area contributed by atoms with Gasteiger partial charge in [0, 0.05) is 38.6 Å². The van der Waals surface area contributed by atoms with Gasteiger partial charge in [0.25, 0.3) is 0 Å². The lowest BCUT2D eigenvalue weighted by atomic mass is 10.2. The summed E-state index contributed by atoms with van der Waals surface area (Å²) in [6.45, 7) is 1.22. The molecule has 0 unspecified atom stereocenters. The molecule has 0 amide bonds. The fraction of sp³-hybridized carbons (Fsp3) is 0.263. The van der Waals surface area contributed by atoms with Crippen LogP contribution < -0.4 is 5.32 Å². The normalized spacial score (nSPS) is 11.6. The topological polar surface area (TPSA) is 58.6 Å². The van der Waals surface area contributed by atoms with E-state index in [1.807, 2.05) is 66.2 Å². The third-order valence-electron chi connectivity index (χ3n) is 4.05. The van der Waals surface area contributed by atoms with Crippen molar-refractivity contribution in [3.05, 3.63) is 65.3 Å². The molecule has 3 rings (SSSR count). The van der Waals surface area contributed by atoms with Crippen molar-refractivity contribution in [1.29, 1.82) is 0 Å². The Morgan fingerprint density at radius 2 is 2.12 bits per heavy atom. The summed E-state index contributed by atoms with van der Waals surface area (Å²) >= 11 is 6.05. The largest absolute Gasteiger partial charge is 0.444 e. The number of aryl methyl sites for hydroxylation is 1. The van der Waals surface area contributed by atoms with Gasteiger partial charge in [-0.15, -0.1) is 0 Å². The lowest BCUT2D eigenvalue weighted by Gasteiger charge is -2.22. The zero-order chi connectivity index (χ0) is 18.5. The minimum atomic E-state index is 0.529. The first-order valence-electron chi connectivity index (χ1n) is 8.29. The summed E-state index contributed by atoms with van der Waals surface area (Å²) in [5, 5.41) is 4.04. The molecule has 6 nitrogen and oxygen atoms in total. The molecule has 1 N–H and O–H groups in total. The van der Waals surface area contributed by atoms with Crippen LogP contribution in [0.5, 0.6) is 0 Å². The van der Waals surface area contributed by atoms with Crippen molar-refractivity contribution in [3.8, 4) is 11.5 Å². The molecule has 1 aromatic carbocycles. The van der Waals surface area contributed by atoms with Crippen molar-refractivity contribution >= 4 is 17.6 Å². The van der Waals surface area contributed by atoms with Gasteiger partial charge in [-0.3, -0.25) is 4.99 Å². The van der Waals surface area contributed by atoms with E-state index in [4.69, 9.17) is 16.0 Å². The first-order chi connectivity index (χ1) is 12.6. The summed E-state index contributed by atoms with van der Waals surface area (Å²) < 4.78 is 7.58. The summed E-state index contributed by atoms with van der Waals surface area (Å²) in [5.41, 5.74) is 2.88. The molecule has 0 saturated heterocycles. The van der Waals surface area contributed by atoms with Crippen molar-refractivity contribution in [2.75, 3.05) is 14.1 Å². The van der Waals surface area contributed by atoms with E-state index in [1.165, 1.54) is 0 Å². The van der Waals surface area contributed by atoms with Crippen LogP contribution in [0, 0.1) is 0 Å². The molecule has 0 atom stereocenters. The first kappa shape index (κ1) is 18.1. The molecule has 3 aromatic rings. The number of aliphatic imine (C=N–C) groups is 1. The molecule has 0 aliphatic rings. The van der Waals surface area contributed by atoms with Crippen LogP contribution >= 0.6 is 11.6 Å². The highest BCUT2D eigenvalue weighted by atomic mass is 35.5. The molecule has 0 bridgehead atoms. The molecule has 0 spiro atoms. The monoisotopic (exact) mass is 371 g/mol. The van der Waals surface area contributed by atoms with Crippen LogP contribution in [0.25, 0.3) is 11.5 Å². The molecule has 0 saturated carbocycles. The van der Waals surface area contributed by atoms with E-state index in [0.717, 1.165) is 27.9 Å². The van der Waals surface area contributed by atoms with Crippen LogP contribution in [0.3, 0.4) is 0 Å². The van der Waals surface area contributed by atoms with Crippen LogP contribution in [0.1, 0.15) is 11.4 Å². The Morgan fingerprint density at radius 1 is 1.35 bits per heavy atom. The van der Waals surface area contributed by atoms with E-state index in [-0.39, 0.29) is 0 Å². The van der Waals surface area contributed by atoms with E-state index in [0.29, 0.717) is 19.0 Å². The summed E-state index contributed by atoms with van der Waals surface area (Å²) in [7, 11) is 5.72. The Morgan fingerprint density at radius 3 is 2.77 bits per heavy atom. The van der Waals surface area contributed by atoms with Gasteiger partial charge in [-0.25, -0.2) is 4.98 Å². The van der Waals surface area contributed by atoms with E-state index >= 15 is 0 Å². The van der Waals surface area contributed by atoms with Crippen LogP contribution in [-0.2, 0) is 20.1 Å². The molecule has 0 aliphatic heterocycles. The summed E-state index contributed by atoms with van der Waals surface area (Å²) in [6, 6.07) is 11.8. The average molecular weight is 372 g/mol. The zero-order valence-electron chi connectivity index (χ0n) is 15.1. The Labute approximate surface area is 158 Å². The standard InChI is InChI=1S/C19H22ClN5O/c1-21-19(25(3)12-17-9-15(20)11-24(17)2)22-10-16-13-26-18(23-16)14-7-5-4-6-8-14/h4-9,11,13H,10,12H2,1-3H3,(H,21,22). The summed E-state index contributed by atoms with van der Waals surface area (Å²) in [6.07, 6.45) is 3.56. The van der Waals surface area contributed by atoms with Gasteiger partial charge in [0.15, 0.2) is 5.96 Å². The Kier molecular flexibility index (Phi) is 5.63. The molecular formula is C19H22ClN5O. The number of hydrogen-bond donors (Lipinski definition) is 1. The van der Waals surface area contributed by atoms with Gasteiger partial charge in [-0.1, -0.05) is 29.8 Å². The maximum absolute atomic E-state index is 6.05.